The molecule has 3 heterocycles. The maximum Gasteiger partial charge on any atom is 0.320 e. The Morgan fingerprint density at radius 2 is 2.12 bits per heavy atom. The van der Waals surface area contributed by atoms with Gasteiger partial charge in [-0.2, -0.15) is 13.9 Å². The van der Waals surface area contributed by atoms with Crippen LogP contribution < -0.4 is 5.32 Å². The molecular formula is C16H18F2N6OS. The van der Waals surface area contributed by atoms with Gasteiger partial charge in [0.15, 0.2) is 11.0 Å². The number of amides is 1. The number of carbonyl (C=O) groups is 1. The Kier molecular flexibility index (Phi) is 5.12. The minimum atomic E-state index is -2.69. The lowest BCUT2D eigenvalue weighted by atomic mass is 10.3. The van der Waals surface area contributed by atoms with Gasteiger partial charge in [-0.25, -0.2) is 9.97 Å². The summed E-state index contributed by atoms with van der Waals surface area (Å²) in [5.41, 5.74) is 2.43. The predicted molar refractivity (Wildman–Crippen MR) is 94.3 cm³/mol. The summed E-state index contributed by atoms with van der Waals surface area (Å²) in [5.74, 6) is -0.0757. The predicted octanol–water partition coefficient (Wildman–Crippen LogP) is 3.55. The second kappa shape index (κ2) is 7.32. The van der Waals surface area contributed by atoms with Crippen LogP contribution in [0.1, 0.15) is 30.1 Å². The molecule has 10 heteroatoms. The molecule has 0 aromatic carbocycles. The molecule has 26 heavy (non-hydrogen) atoms. The van der Waals surface area contributed by atoms with Crippen molar-refractivity contribution in [3.8, 4) is 10.7 Å². The highest BCUT2D eigenvalue weighted by molar-refractivity contribution is 7.19. The zero-order chi connectivity index (χ0) is 18.8. The van der Waals surface area contributed by atoms with Crippen molar-refractivity contribution in [2.45, 2.75) is 40.3 Å². The molecule has 1 N–H and O–H groups in total. The summed E-state index contributed by atoms with van der Waals surface area (Å²) >= 11 is 1.12. The molecule has 1 amide bonds. The van der Waals surface area contributed by atoms with Crippen LogP contribution in [0.25, 0.3) is 10.7 Å². The van der Waals surface area contributed by atoms with E-state index in [1.807, 2.05) is 19.9 Å². The van der Waals surface area contributed by atoms with Crippen LogP contribution in [0.15, 0.2) is 18.5 Å². The molecule has 3 aromatic heterocycles. The van der Waals surface area contributed by atoms with E-state index in [0.29, 0.717) is 22.2 Å². The first-order chi connectivity index (χ1) is 12.3. The third-order valence-corrected chi connectivity index (χ3v) is 4.85. The van der Waals surface area contributed by atoms with Gasteiger partial charge in [0.1, 0.15) is 0 Å². The first-order valence-corrected chi connectivity index (χ1v) is 8.76. The van der Waals surface area contributed by atoms with Crippen LogP contribution in [0.4, 0.5) is 13.9 Å². The normalized spacial score (nSPS) is 11.3. The Hall–Kier alpha value is -2.62. The fraction of sp³-hybridized carbons (Fsp3) is 0.375. The van der Waals surface area contributed by atoms with E-state index in [2.05, 4.69) is 20.4 Å². The number of nitrogens with zero attached hydrogens (tertiary/aromatic N) is 5. The van der Waals surface area contributed by atoms with Crippen molar-refractivity contribution in [3.63, 3.8) is 0 Å². The van der Waals surface area contributed by atoms with Gasteiger partial charge in [0.25, 0.3) is 0 Å². The molecule has 7 nitrogen and oxygen atoms in total. The molecule has 0 atom stereocenters. The summed E-state index contributed by atoms with van der Waals surface area (Å²) in [6.45, 7) is 3.29. The fourth-order valence-corrected chi connectivity index (χ4v) is 3.58. The summed E-state index contributed by atoms with van der Waals surface area (Å²) in [7, 11) is 0. The van der Waals surface area contributed by atoms with Crippen LogP contribution in [0.5, 0.6) is 0 Å². The van der Waals surface area contributed by atoms with E-state index in [9.17, 15) is 13.6 Å². The minimum Gasteiger partial charge on any atom is -0.302 e. The third kappa shape index (κ3) is 3.79. The molecule has 3 aromatic rings. The number of rotatable bonds is 6. The van der Waals surface area contributed by atoms with Gasteiger partial charge in [0, 0.05) is 31.1 Å². The summed E-state index contributed by atoms with van der Waals surface area (Å²) in [6, 6.07) is 1.94. The molecule has 0 unspecified atom stereocenters. The Morgan fingerprint density at radius 1 is 1.35 bits per heavy atom. The van der Waals surface area contributed by atoms with Gasteiger partial charge < -0.3 is 5.32 Å². The largest absolute Gasteiger partial charge is 0.320 e. The average Bonchev–Trinajstić information content (AvgIpc) is 3.24. The number of aromatic nitrogens is 5. The Balaban J connectivity index is 1.68. The number of hydrogen-bond acceptors (Lipinski definition) is 5. The highest BCUT2D eigenvalue weighted by Gasteiger charge is 2.19. The van der Waals surface area contributed by atoms with Gasteiger partial charge in [-0.15, -0.1) is 0 Å². The smallest absolute Gasteiger partial charge is 0.302 e. The zero-order valence-corrected chi connectivity index (χ0v) is 15.3. The average molecular weight is 380 g/mol. The fourth-order valence-electron chi connectivity index (χ4n) is 2.59. The lowest BCUT2D eigenvalue weighted by Gasteiger charge is -2.05. The molecule has 0 aliphatic heterocycles. The van der Waals surface area contributed by atoms with Crippen molar-refractivity contribution < 1.29 is 13.6 Å². The van der Waals surface area contributed by atoms with Crippen LogP contribution in [0.2, 0.25) is 0 Å². The molecule has 138 valence electrons. The third-order valence-electron chi connectivity index (χ3n) is 3.78. The number of halogens is 2. The van der Waals surface area contributed by atoms with Gasteiger partial charge in [-0.05, 0) is 26.8 Å². The lowest BCUT2D eigenvalue weighted by molar-refractivity contribution is -0.116. The number of anilines is 1. The van der Waals surface area contributed by atoms with Crippen molar-refractivity contribution in [1.82, 2.24) is 24.3 Å². The molecule has 0 radical (unpaired) electrons. The summed E-state index contributed by atoms with van der Waals surface area (Å²) in [4.78, 5) is 20.9. The van der Waals surface area contributed by atoms with Crippen LogP contribution in [0.3, 0.4) is 0 Å². The number of thiazole rings is 1. The highest BCUT2D eigenvalue weighted by atomic mass is 32.1. The van der Waals surface area contributed by atoms with Crippen LogP contribution in [-0.2, 0) is 11.3 Å². The quantitative estimate of drug-likeness (QED) is 0.709. The van der Waals surface area contributed by atoms with Crippen LogP contribution >= 0.6 is 11.3 Å². The van der Waals surface area contributed by atoms with Crippen molar-refractivity contribution in [2.24, 2.45) is 0 Å². The number of carbonyl (C=O) groups excluding carboxylic acids is 1. The highest BCUT2D eigenvalue weighted by Crippen LogP contribution is 2.33. The zero-order valence-electron chi connectivity index (χ0n) is 14.5. The molecule has 0 saturated carbocycles. The van der Waals surface area contributed by atoms with Crippen molar-refractivity contribution in [3.05, 3.63) is 35.5 Å². The van der Waals surface area contributed by atoms with Crippen molar-refractivity contribution >= 4 is 22.4 Å². The van der Waals surface area contributed by atoms with E-state index < -0.39 is 6.55 Å². The first kappa shape index (κ1) is 18.2. The van der Waals surface area contributed by atoms with Crippen LogP contribution in [-0.4, -0.2) is 30.2 Å². The summed E-state index contributed by atoms with van der Waals surface area (Å²) in [6.07, 6.45) is 2.76. The van der Waals surface area contributed by atoms with Gasteiger partial charge in [0.05, 0.1) is 16.3 Å². The van der Waals surface area contributed by atoms with E-state index >= 15 is 0 Å². The topological polar surface area (TPSA) is 77.6 Å². The Bertz CT molecular complexity index is 929. The number of nitrogens with one attached hydrogen (secondary N) is 1. The number of alkyl halides is 2. The van der Waals surface area contributed by atoms with Gasteiger partial charge in [-0.1, -0.05) is 11.3 Å². The molecule has 0 saturated heterocycles. The van der Waals surface area contributed by atoms with E-state index in [1.54, 1.807) is 11.6 Å². The second-order valence-corrected chi connectivity index (χ2v) is 6.82. The van der Waals surface area contributed by atoms with Crippen molar-refractivity contribution in [1.29, 1.82) is 0 Å². The monoisotopic (exact) mass is 380 g/mol. The van der Waals surface area contributed by atoms with E-state index in [1.165, 1.54) is 12.4 Å². The molecule has 0 spiro atoms. The molecule has 3 rings (SSSR count). The van der Waals surface area contributed by atoms with E-state index in [-0.39, 0.29) is 18.2 Å². The van der Waals surface area contributed by atoms with Gasteiger partial charge in [0.2, 0.25) is 5.91 Å². The first-order valence-electron chi connectivity index (χ1n) is 7.95. The Labute approximate surface area is 152 Å². The maximum absolute atomic E-state index is 13.0. The molecular weight excluding hydrogens is 362 g/mol. The standard InChI is InChI=1S/C16H18F2N6OS/c1-9-8-10(2)24(22-9)6-4-12(25)21-16-20-11(3)13(26-16)14-19-5-7-23(14)15(17)18/h5,7-8,15H,4,6H2,1-3H3,(H,20,21,25). The number of hydrogen-bond donors (Lipinski definition) is 1. The Morgan fingerprint density at radius 3 is 2.77 bits per heavy atom. The SMILES string of the molecule is Cc1cc(C)n(CCC(=O)Nc2nc(C)c(-c3nccn3C(F)F)s2)n1. The van der Waals surface area contributed by atoms with Crippen molar-refractivity contribution in [2.75, 3.05) is 5.32 Å². The van der Waals surface area contributed by atoms with Gasteiger partial charge in [-0.3, -0.25) is 14.0 Å². The second-order valence-electron chi connectivity index (χ2n) is 5.82. The number of aryl methyl sites for hydroxylation is 4. The molecule has 0 fully saturated rings. The summed E-state index contributed by atoms with van der Waals surface area (Å²) in [5, 5.41) is 7.38. The number of imidazole rings is 1. The molecule has 0 bridgehead atoms. The maximum atomic E-state index is 13.0. The van der Waals surface area contributed by atoms with E-state index in [0.717, 1.165) is 27.3 Å². The van der Waals surface area contributed by atoms with E-state index in [4.69, 9.17) is 0 Å². The molecule has 0 aliphatic carbocycles. The summed E-state index contributed by atoms with van der Waals surface area (Å²) < 4.78 is 28.6. The van der Waals surface area contributed by atoms with Crippen LogP contribution in [0, 0.1) is 20.8 Å². The molecule has 0 aliphatic rings. The minimum absolute atomic E-state index is 0.137. The lowest BCUT2D eigenvalue weighted by Crippen LogP contribution is -2.15. The van der Waals surface area contributed by atoms with Gasteiger partial charge >= 0.3 is 6.55 Å².